The molecule has 41 heavy (non-hydrogen) atoms. The zero-order valence-electron chi connectivity index (χ0n) is 22.5. The van der Waals surface area contributed by atoms with Gasteiger partial charge in [-0.05, 0) is 92.5 Å². The van der Waals surface area contributed by atoms with Gasteiger partial charge < -0.3 is 15.0 Å². The lowest BCUT2D eigenvalue weighted by molar-refractivity contribution is 0.255. The topological polar surface area (TPSA) is 74.2 Å². The first-order valence-electron chi connectivity index (χ1n) is 13.8. The number of rotatable bonds is 5. The molecule has 0 spiro atoms. The molecule has 3 aromatic carbocycles. The molecule has 1 atom stereocenters. The first-order valence-corrected chi connectivity index (χ1v) is 14.6. The van der Waals surface area contributed by atoms with Gasteiger partial charge in [0, 0.05) is 22.0 Å². The number of para-hydroxylation sites is 2. The van der Waals surface area contributed by atoms with Gasteiger partial charge in [0.1, 0.15) is 28.1 Å². The molecule has 1 aliphatic rings. The lowest BCUT2D eigenvalue weighted by atomic mass is 9.89. The number of likely N-dealkylation sites (tertiary alicyclic amines) is 1. The van der Waals surface area contributed by atoms with E-state index >= 15 is 0 Å². The van der Waals surface area contributed by atoms with E-state index in [0.717, 1.165) is 39.9 Å². The molecule has 8 heteroatoms. The number of nitrogens with one attached hydrogen (secondary N) is 1. The molecule has 6 nitrogen and oxygen atoms in total. The van der Waals surface area contributed by atoms with Gasteiger partial charge in [-0.1, -0.05) is 36.4 Å². The predicted octanol–water partition coefficient (Wildman–Crippen LogP) is 6.90. The molecule has 0 bridgehead atoms. The van der Waals surface area contributed by atoms with Gasteiger partial charge >= 0.3 is 0 Å². The molecule has 0 saturated carbocycles. The smallest absolute Gasteiger partial charge is 0.269 e. The van der Waals surface area contributed by atoms with E-state index < -0.39 is 11.9 Å². The Morgan fingerprint density at radius 3 is 2.59 bits per heavy atom. The van der Waals surface area contributed by atoms with Crippen molar-refractivity contribution < 1.29 is 9.50 Å². The molecule has 6 aromatic rings. The molecule has 206 valence electrons. The molecule has 0 unspecified atom stereocenters. The lowest BCUT2D eigenvalue weighted by Crippen LogP contribution is -2.29. The summed E-state index contributed by atoms with van der Waals surface area (Å²) in [7, 11) is 2.18. The number of thiophene rings is 1. The number of fused-ring (bicyclic) bond motifs is 2. The SMILES string of the molecule is CN1CCC(c2ccc(-c3cc4ccn([C@H](c5nc6ccccc6[nH]5)c5cc(F)ccc5O)c(=O)c4s3)cc2)CC1. The number of aromatic amines is 1. The molecule has 1 aliphatic heterocycles. The Morgan fingerprint density at radius 1 is 1.02 bits per heavy atom. The van der Waals surface area contributed by atoms with Crippen LogP contribution in [0.15, 0.2) is 89.9 Å². The average molecular weight is 565 g/mol. The summed E-state index contributed by atoms with van der Waals surface area (Å²) < 4.78 is 16.5. The number of aromatic nitrogens is 3. The number of aromatic hydroxyl groups is 1. The number of H-pyrrole nitrogens is 1. The predicted molar refractivity (Wildman–Crippen MR) is 162 cm³/mol. The minimum absolute atomic E-state index is 0.111. The van der Waals surface area contributed by atoms with E-state index in [-0.39, 0.29) is 16.9 Å². The second-order valence-electron chi connectivity index (χ2n) is 10.9. The maximum atomic E-state index is 14.4. The molecule has 1 saturated heterocycles. The van der Waals surface area contributed by atoms with Gasteiger partial charge in [0.15, 0.2) is 0 Å². The van der Waals surface area contributed by atoms with Gasteiger partial charge in [0.2, 0.25) is 0 Å². The van der Waals surface area contributed by atoms with Crippen molar-refractivity contribution in [2.45, 2.75) is 24.8 Å². The van der Waals surface area contributed by atoms with Crippen molar-refractivity contribution in [2.75, 3.05) is 20.1 Å². The summed E-state index contributed by atoms with van der Waals surface area (Å²) in [5.41, 5.74) is 3.99. The lowest BCUT2D eigenvalue weighted by Gasteiger charge is -2.29. The van der Waals surface area contributed by atoms with Crippen LogP contribution < -0.4 is 5.56 Å². The number of piperidine rings is 1. The summed E-state index contributed by atoms with van der Waals surface area (Å²) in [5.74, 6) is 0.412. The molecular formula is C33H29FN4O2S. The van der Waals surface area contributed by atoms with Crippen LogP contribution in [0.1, 0.15) is 41.8 Å². The van der Waals surface area contributed by atoms with Crippen LogP contribution in [-0.4, -0.2) is 44.7 Å². The monoisotopic (exact) mass is 564 g/mol. The van der Waals surface area contributed by atoms with Crippen molar-refractivity contribution in [1.29, 1.82) is 0 Å². The highest BCUT2D eigenvalue weighted by molar-refractivity contribution is 7.22. The summed E-state index contributed by atoms with van der Waals surface area (Å²) in [4.78, 5) is 25.4. The van der Waals surface area contributed by atoms with Crippen LogP contribution in [0.2, 0.25) is 0 Å². The third-order valence-corrected chi connectivity index (χ3v) is 9.41. The van der Waals surface area contributed by atoms with Gasteiger partial charge in [0.25, 0.3) is 5.56 Å². The fourth-order valence-electron chi connectivity index (χ4n) is 5.92. The normalized spacial score (nSPS) is 15.6. The van der Waals surface area contributed by atoms with Crippen molar-refractivity contribution in [1.82, 2.24) is 19.4 Å². The van der Waals surface area contributed by atoms with Crippen molar-refractivity contribution in [2.24, 2.45) is 0 Å². The number of hydrogen-bond acceptors (Lipinski definition) is 5. The number of hydrogen-bond donors (Lipinski definition) is 2. The fourth-order valence-corrected chi connectivity index (χ4v) is 7.02. The van der Waals surface area contributed by atoms with Crippen LogP contribution in [0.4, 0.5) is 4.39 Å². The minimum Gasteiger partial charge on any atom is -0.508 e. The van der Waals surface area contributed by atoms with Crippen LogP contribution in [0, 0.1) is 5.82 Å². The Balaban J connectivity index is 1.30. The Kier molecular flexibility index (Phi) is 6.44. The summed E-state index contributed by atoms with van der Waals surface area (Å²) in [6, 6.07) is 23.1. The minimum atomic E-state index is -0.852. The zero-order valence-corrected chi connectivity index (χ0v) is 23.4. The van der Waals surface area contributed by atoms with E-state index in [9.17, 15) is 14.3 Å². The highest BCUT2D eigenvalue weighted by Gasteiger charge is 2.26. The van der Waals surface area contributed by atoms with Crippen LogP contribution in [0.25, 0.3) is 31.6 Å². The number of halogens is 1. The summed E-state index contributed by atoms with van der Waals surface area (Å²) in [6.07, 6.45) is 4.05. The Bertz CT molecular complexity index is 1900. The van der Waals surface area contributed by atoms with Gasteiger partial charge in [-0.25, -0.2) is 9.37 Å². The second kappa shape index (κ2) is 10.3. The number of phenolic OH excluding ortho intramolecular Hbond substituents is 1. The molecule has 3 aromatic heterocycles. The van der Waals surface area contributed by atoms with Gasteiger partial charge in [-0.3, -0.25) is 9.36 Å². The van der Waals surface area contributed by atoms with E-state index in [0.29, 0.717) is 16.4 Å². The van der Waals surface area contributed by atoms with E-state index in [1.165, 1.54) is 52.5 Å². The number of phenols is 1. The van der Waals surface area contributed by atoms with Gasteiger partial charge in [-0.2, -0.15) is 0 Å². The molecular weight excluding hydrogens is 535 g/mol. The highest BCUT2D eigenvalue weighted by Crippen LogP contribution is 2.36. The van der Waals surface area contributed by atoms with E-state index in [1.807, 2.05) is 36.4 Å². The maximum absolute atomic E-state index is 14.4. The number of imidazole rings is 1. The van der Waals surface area contributed by atoms with Gasteiger partial charge in [0.05, 0.1) is 11.0 Å². The quantitative estimate of drug-likeness (QED) is 0.239. The standard InChI is InChI=1S/C33H29FN4O2S/c1-37-15-12-21(13-16-37)20-6-8-22(9-7-20)29-18-23-14-17-38(33(40)31(23)41-29)30(25-19-24(34)10-11-28(25)39)32-35-26-4-2-3-5-27(26)36-32/h2-11,14,17-19,21,30,39H,12-13,15-16H2,1H3,(H,35,36)/t30-/m0/s1. The largest absolute Gasteiger partial charge is 0.508 e. The Labute approximate surface area is 240 Å². The first-order chi connectivity index (χ1) is 19.9. The molecule has 0 amide bonds. The molecule has 0 aliphatic carbocycles. The molecule has 4 heterocycles. The van der Waals surface area contributed by atoms with Crippen molar-refractivity contribution in [3.8, 4) is 16.2 Å². The third kappa shape index (κ3) is 4.73. The number of pyridine rings is 1. The van der Waals surface area contributed by atoms with Crippen molar-refractivity contribution in [3.05, 3.63) is 118 Å². The fraction of sp³-hybridized carbons (Fsp3) is 0.212. The number of benzene rings is 3. The van der Waals surface area contributed by atoms with Crippen molar-refractivity contribution >= 4 is 32.5 Å². The van der Waals surface area contributed by atoms with Crippen LogP contribution in [0.3, 0.4) is 0 Å². The summed E-state index contributed by atoms with van der Waals surface area (Å²) in [6.45, 7) is 2.24. The maximum Gasteiger partial charge on any atom is 0.269 e. The zero-order chi connectivity index (χ0) is 28.1. The van der Waals surface area contributed by atoms with Crippen LogP contribution >= 0.6 is 11.3 Å². The second-order valence-corrected chi connectivity index (χ2v) is 11.9. The Hall–Kier alpha value is -4.27. The number of nitrogens with zero attached hydrogens (tertiary/aromatic N) is 3. The highest BCUT2D eigenvalue weighted by atomic mass is 32.1. The molecule has 2 N–H and O–H groups in total. The molecule has 0 radical (unpaired) electrons. The van der Waals surface area contributed by atoms with E-state index in [1.54, 1.807) is 6.20 Å². The summed E-state index contributed by atoms with van der Waals surface area (Å²) in [5, 5.41) is 11.6. The van der Waals surface area contributed by atoms with E-state index in [2.05, 4.69) is 41.2 Å². The van der Waals surface area contributed by atoms with Crippen LogP contribution in [-0.2, 0) is 0 Å². The average Bonchev–Trinajstić information content (AvgIpc) is 3.62. The van der Waals surface area contributed by atoms with Gasteiger partial charge in [-0.15, -0.1) is 11.3 Å². The molecule has 1 fully saturated rings. The van der Waals surface area contributed by atoms with Crippen LogP contribution in [0.5, 0.6) is 5.75 Å². The van der Waals surface area contributed by atoms with E-state index in [4.69, 9.17) is 4.98 Å². The Morgan fingerprint density at radius 2 is 1.80 bits per heavy atom. The summed E-state index contributed by atoms with van der Waals surface area (Å²) >= 11 is 1.45. The third-order valence-electron chi connectivity index (χ3n) is 8.22. The van der Waals surface area contributed by atoms with Crippen molar-refractivity contribution in [3.63, 3.8) is 0 Å². The molecule has 7 rings (SSSR count). The first kappa shape index (κ1) is 25.7.